The smallest absolute Gasteiger partial charge is 0.127 e. The van der Waals surface area contributed by atoms with E-state index in [0.717, 1.165) is 30.8 Å². The van der Waals surface area contributed by atoms with E-state index in [9.17, 15) is 4.39 Å². The third kappa shape index (κ3) is 3.30. The maximum absolute atomic E-state index is 13.8. The van der Waals surface area contributed by atoms with Gasteiger partial charge in [-0.1, -0.05) is 25.5 Å². The van der Waals surface area contributed by atoms with Crippen LogP contribution in [0.3, 0.4) is 0 Å². The Balaban J connectivity index is 2.00. The van der Waals surface area contributed by atoms with E-state index in [1.165, 1.54) is 19.3 Å². The van der Waals surface area contributed by atoms with Gasteiger partial charge in [-0.05, 0) is 38.1 Å². The van der Waals surface area contributed by atoms with Crippen LogP contribution in [0.4, 0.5) is 4.39 Å². The average Bonchev–Trinajstić information content (AvgIpc) is 2.28. The molecule has 1 aliphatic carbocycles. The number of hydrogen-bond donors (Lipinski definition) is 1. The zero-order chi connectivity index (χ0) is 13.0. The molecule has 18 heavy (non-hydrogen) atoms. The van der Waals surface area contributed by atoms with E-state index in [1.54, 1.807) is 6.07 Å². The molecule has 100 valence electrons. The molecule has 2 rings (SSSR count). The third-order valence-electron chi connectivity index (χ3n) is 3.81. The summed E-state index contributed by atoms with van der Waals surface area (Å²) in [6.45, 7) is 4.55. The molecular weight excluding hydrogens is 227 g/mol. The Hall–Kier alpha value is -0.930. The minimum Gasteiger partial charge on any atom is -0.313 e. The molecule has 0 atom stereocenters. The summed E-state index contributed by atoms with van der Waals surface area (Å²) in [4.78, 5) is 2.28. The second-order valence-corrected chi connectivity index (χ2v) is 5.21. The average molecular weight is 250 g/mol. The van der Waals surface area contributed by atoms with Crippen molar-refractivity contribution in [1.29, 1.82) is 0 Å². The van der Waals surface area contributed by atoms with E-state index in [2.05, 4.69) is 24.2 Å². The molecule has 2 nitrogen and oxygen atoms in total. The molecule has 3 heteroatoms. The fourth-order valence-electron chi connectivity index (χ4n) is 2.35. The lowest BCUT2D eigenvalue weighted by Gasteiger charge is -2.34. The quantitative estimate of drug-likeness (QED) is 0.835. The minimum absolute atomic E-state index is 0.0820. The van der Waals surface area contributed by atoms with E-state index in [4.69, 9.17) is 0 Å². The van der Waals surface area contributed by atoms with Gasteiger partial charge in [0.25, 0.3) is 0 Å². The lowest BCUT2D eigenvalue weighted by molar-refractivity contribution is 0.151. The molecule has 1 fully saturated rings. The van der Waals surface area contributed by atoms with E-state index in [0.29, 0.717) is 6.04 Å². The van der Waals surface area contributed by atoms with Crippen molar-refractivity contribution in [3.63, 3.8) is 0 Å². The first kappa shape index (κ1) is 13.5. The van der Waals surface area contributed by atoms with Crippen LogP contribution in [0.5, 0.6) is 0 Å². The normalized spacial score (nSPS) is 16.0. The van der Waals surface area contributed by atoms with Gasteiger partial charge in [-0.15, -0.1) is 0 Å². The van der Waals surface area contributed by atoms with Crippen LogP contribution in [-0.2, 0) is 13.1 Å². The van der Waals surface area contributed by atoms with Gasteiger partial charge < -0.3 is 5.32 Å². The Kier molecular flexibility index (Phi) is 4.72. The van der Waals surface area contributed by atoms with Crippen LogP contribution in [0.2, 0.25) is 0 Å². The van der Waals surface area contributed by atoms with Crippen molar-refractivity contribution in [2.45, 2.75) is 45.3 Å². The first-order valence-corrected chi connectivity index (χ1v) is 6.89. The molecular formula is C15H23FN2. The van der Waals surface area contributed by atoms with Gasteiger partial charge >= 0.3 is 0 Å². The summed E-state index contributed by atoms with van der Waals surface area (Å²) in [6.07, 6.45) is 3.84. The molecule has 0 spiro atoms. The van der Waals surface area contributed by atoms with Gasteiger partial charge in [0.1, 0.15) is 5.82 Å². The highest BCUT2D eigenvalue weighted by atomic mass is 19.1. The number of halogens is 1. The van der Waals surface area contributed by atoms with Gasteiger partial charge in [-0.3, -0.25) is 4.90 Å². The number of rotatable bonds is 6. The van der Waals surface area contributed by atoms with E-state index in [1.807, 2.05) is 12.1 Å². The highest BCUT2D eigenvalue weighted by molar-refractivity contribution is 5.25. The van der Waals surface area contributed by atoms with Crippen LogP contribution in [0, 0.1) is 5.82 Å². The summed E-state index contributed by atoms with van der Waals surface area (Å²) in [5.41, 5.74) is 1.98. The van der Waals surface area contributed by atoms with Crippen molar-refractivity contribution >= 4 is 0 Å². The van der Waals surface area contributed by atoms with Gasteiger partial charge in [0.15, 0.2) is 0 Å². The Morgan fingerprint density at radius 1 is 1.39 bits per heavy atom. The predicted octanol–water partition coefficient (Wildman–Crippen LogP) is 2.92. The Morgan fingerprint density at radius 2 is 2.17 bits per heavy atom. The topological polar surface area (TPSA) is 15.3 Å². The predicted molar refractivity (Wildman–Crippen MR) is 72.9 cm³/mol. The van der Waals surface area contributed by atoms with Crippen LogP contribution in [0.1, 0.15) is 37.3 Å². The molecule has 1 N–H and O–H groups in total. The van der Waals surface area contributed by atoms with E-state index < -0.39 is 0 Å². The second kappa shape index (κ2) is 6.30. The van der Waals surface area contributed by atoms with Gasteiger partial charge in [-0.25, -0.2) is 4.39 Å². The minimum atomic E-state index is -0.0820. The molecule has 0 aromatic heterocycles. The summed E-state index contributed by atoms with van der Waals surface area (Å²) >= 11 is 0. The van der Waals surface area contributed by atoms with Crippen LogP contribution in [0.15, 0.2) is 18.2 Å². The number of hydrogen-bond acceptors (Lipinski definition) is 2. The number of nitrogens with zero attached hydrogens (tertiary/aromatic N) is 1. The summed E-state index contributed by atoms with van der Waals surface area (Å²) in [6, 6.07) is 6.11. The van der Waals surface area contributed by atoms with Gasteiger partial charge in [-0.2, -0.15) is 0 Å². The lowest BCUT2D eigenvalue weighted by Crippen LogP contribution is -2.36. The molecule has 0 saturated heterocycles. The first-order valence-electron chi connectivity index (χ1n) is 6.89. The van der Waals surface area contributed by atoms with Crippen LogP contribution < -0.4 is 5.32 Å². The summed E-state index contributed by atoms with van der Waals surface area (Å²) in [5, 5.41) is 3.27. The van der Waals surface area contributed by atoms with E-state index in [-0.39, 0.29) is 5.82 Å². The summed E-state index contributed by atoms with van der Waals surface area (Å²) in [5.74, 6) is -0.0820. The maximum Gasteiger partial charge on any atom is 0.127 e. The maximum atomic E-state index is 13.8. The van der Waals surface area contributed by atoms with Crippen molar-refractivity contribution in [2.75, 3.05) is 13.6 Å². The van der Waals surface area contributed by atoms with Crippen molar-refractivity contribution in [3.05, 3.63) is 35.1 Å². The molecule has 0 amide bonds. The molecule has 0 unspecified atom stereocenters. The standard InChI is InChI=1S/C15H23FN2/c1-3-17-10-12-7-8-15(16)13(9-12)11-18(2)14-5-4-6-14/h7-9,14,17H,3-6,10-11H2,1-2H3. The molecule has 0 radical (unpaired) electrons. The Bertz CT molecular complexity index is 388. The number of nitrogens with one attached hydrogen (secondary N) is 1. The molecule has 1 saturated carbocycles. The Morgan fingerprint density at radius 3 is 2.78 bits per heavy atom. The van der Waals surface area contributed by atoms with Crippen LogP contribution >= 0.6 is 0 Å². The van der Waals surface area contributed by atoms with Crippen molar-refractivity contribution in [1.82, 2.24) is 10.2 Å². The monoisotopic (exact) mass is 250 g/mol. The fourth-order valence-corrected chi connectivity index (χ4v) is 2.35. The zero-order valence-electron chi connectivity index (χ0n) is 11.4. The summed E-state index contributed by atoms with van der Waals surface area (Å²) < 4.78 is 13.8. The third-order valence-corrected chi connectivity index (χ3v) is 3.81. The van der Waals surface area contributed by atoms with E-state index >= 15 is 0 Å². The molecule has 0 bridgehead atoms. The van der Waals surface area contributed by atoms with Crippen molar-refractivity contribution in [2.24, 2.45) is 0 Å². The molecule has 0 heterocycles. The number of benzene rings is 1. The summed E-state index contributed by atoms with van der Waals surface area (Å²) in [7, 11) is 2.10. The van der Waals surface area contributed by atoms with Gasteiger partial charge in [0, 0.05) is 24.7 Å². The van der Waals surface area contributed by atoms with Gasteiger partial charge in [0.05, 0.1) is 0 Å². The van der Waals surface area contributed by atoms with Crippen molar-refractivity contribution < 1.29 is 4.39 Å². The van der Waals surface area contributed by atoms with Gasteiger partial charge in [0.2, 0.25) is 0 Å². The SMILES string of the molecule is CCNCc1ccc(F)c(CN(C)C2CCC2)c1. The van der Waals surface area contributed by atoms with Crippen molar-refractivity contribution in [3.8, 4) is 0 Å². The second-order valence-electron chi connectivity index (χ2n) is 5.21. The largest absolute Gasteiger partial charge is 0.313 e. The highest BCUT2D eigenvalue weighted by Gasteiger charge is 2.22. The van der Waals surface area contributed by atoms with Crippen LogP contribution in [0.25, 0.3) is 0 Å². The first-order chi connectivity index (χ1) is 8.70. The zero-order valence-corrected chi connectivity index (χ0v) is 11.4. The van der Waals surface area contributed by atoms with Crippen LogP contribution in [-0.4, -0.2) is 24.5 Å². The molecule has 1 aromatic rings. The Labute approximate surface area is 109 Å². The molecule has 1 aliphatic rings. The lowest BCUT2D eigenvalue weighted by atomic mass is 9.91. The molecule has 1 aromatic carbocycles. The molecule has 0 aliphatic heterocycles. The fraction of sp³-hybridized carbons (Fsp3) is 0.600. The highest BCUT2D eigenvalue weighted by Crippen LogP contribution is 2.25.